The zero-order valence-electron chi connectivity index (χ0n) is 17.5. The number of rotatable bonds is 6. The van der Waals surface area contributed by atoms with Crippen LogP contribution in [0.15, 0.2) is 30.3 Å². The molecule has 2 aliphatic rings. The molecule has 29 heavy (non-hydrogen) atoms. The third-order valence-electron chi connectivity index (χ3n) is 6.53. The van der Waals surface area contributed by atoms with Gasteiger partial charge in [-0.05, 0) is 57.2 Å². The van der Waals surface area contributed by atoms with Gasteiger partial charge < -0.3 is 15.7 Å². The van der Waals surface area contributed by atoms with Crippen molar-refractivity contribution in [2.45, 2.75) is 69.4 Å². The number of nitrogens with one attached hydrogen (secondary N) is 2. The molecule has 1 aliphatic carbocycles. The molecule has 6 nitrogen and oxygen atoms in total. The van der Waals surface area contributed by atoms with Gasteiger partial charge in [-0.2, -0.15) is 0 Å². The molecule has 0 unspecified atom stereocenters. The van der Waals surface area contributed by atoms with Gasteiger partial charge in [0.2, 0.25) is 11.8 Å². The first-order valence-corrected chi connectivity index (χ1v) is 11.0. The summed E-state index contributed by atoms with van der Waals surface area (Å²) in [6.45, 7) is 4.51. The molecule has 1 heterocycles. The van der Waals surface area contributed by atoms with Gasteiger partial charge in [-0.15, -0.1) is 0 Å². The van der Waals surface area contributed by atoms with Crippen molar-refractivity contribution in [2.75, 3.05) is 26.2 Å². The zero-order chi connectivity index (χ0) is 20.7. The molecule has 0 spiro atoms. The van der Waals surface area contributed by atoms with Crippen LogP contribution < -0.4 is 10.6 Å². The highest BCUT2D eigenvalue weighted by Gasteiger charge is 2.38. The first-order chi connectivity index (χ1) is 14.0. The van der Waals surface area contributed by atoms with E-state index in [2.05, 4.69) is 27.7 Å². The predicted octanol–water partition coefficient (Wildman–Crippen LogP) is 1.97. The van der Waals surface area contributed by atoms with E-state index >= 15 is 0 Å². The number of carbonyl (C=O) groups is 2. The Labute approximate surface area is 174 Å². The van der Waals surface area contributed by atoms with E-state index in [1.165, 1.54) is 31.7 Å². The summed E-state index contributed by atoms with van der Waals surface area (Å²) >= 11 is 0. The lowest BCUT2D eigenvalue weighted by Crippen LogP contribution is -2.45. The maximum Gasteiger partial charge on any atom is 0.234 e. The Morgan fingerprint density at radius 3 is 2.48 bits per heavy atom. The van der Waals surface area contributed by atoms with Crippen molar-refractivity contribution < 1.29 is 14.7 Å². The largest absolute Gasteiger partial charge is 0.391 e. The fourth-order valence-electron chi connectivity index (χ4n) is 4.81. The maximum absolute atomic E-state index is 12.6. The molecule has 2 amide bonds. The smallest absolute Gasteiger partial charge is 0.234 e. The van der Waals surface area contributed by atoms with Crippen LogP contribution in [0.4, 0.5) is 0 Å². The number of aliphatic hydroxyl groups is 1. The van der Waals surface area contributed by atoms with Crippen LogP contribution >= 0.6 is 0 Å². The summed E-state index contributed by atoms with van der Waals surface area (Å²) in [6.07, 6.45) is 5.91. The lowest BCUT2D eigenvalue weighted by atomic mass is 9.74. The van der Waals surface area contributed by atoms with E-state index in [9.17, 15) is 14.7 Å². The van der Waals surface area contributed by atoms with E-state index in [1.54, 1.807) is 0 Å². The lowest BCUT2D eigenvalue weighted by Gasteiger charge is -2.34. The summed E-state index contributed by atoms with van der Waals surface area (Å²) in [7, 11) is 0. The molecule has 1 aromatic carbocycles. The van der Waals surface area contributed by atoms with Crippen LogP contribution in [-0.4, -0.2) is 60.1 Å². The molecule has 0 radical (unpaired) electrons. The van der Waals surface area contributed by atoms with E-state index in [1.807, 2.05) is 18.2 Å². The molecule has 3 rings (SSSR count). The standard InChI is InChI=1S/C23H35N3O3/c1-18(27)25-20-10-12-23(13-11-21(20)28,19-8-4-2-5-9-19)17-24-22(29)16-26-14-6-3-7-15-26/h2,4-5,8-9,20-21,28H,3,6-7,10-17H2,1H3,(H,24,29)(H,25,27)/t20-,21-,23-/m0/s1. The molecule has 1 saturated heterocycles. The van der Waals surface area contributed by atoms with Crippen LogP contribution in [0, 0.1) is 0 Å². The van der Waals surface area contributed by atoms with Crippen molar-refractivity contribution in [1.29, 1.82) is 0 Å². The summed E-state index contributed by atoms with van der Waals surface area (Å²) in [5.41, 5.74) is 0.960. The SMILES string of the molecule is CC(=O)N[C@H]1CC[C@](CNC(=O)CN2CCCCC2)(c2ccccc2)CC[C@@H]1O. The number of likely N-dealkylation sites (tertiary alicyclic amines) is 1. The summed E-state index contributed by atoms with van der Waals surface area (Å²) in [5, 5.41) is 16.6. The highest BCUT2D eigenvalue weighted by Crippen LogP contribution is 2.38. The number of benzene rings is 1. The van der Waals surface area contributed by atoms with E-state index in [0.717, 1.165) is 25.9 Å². The van der Waals surface area contributed by atoms with Crippen LogP contribution in [0.2, 0.25) is 0 Å². The van der Waals surface area contributed by atoms with Crippen LogP contribution in [0.5, 0.6) is 0 Å². The van der Waals surface area contributed by atoms with E-state index in [-0.39, 0.29) is 23.3 Å². The highest BCUT2D eigenvalue weighted by atomic mass is 16.3. The zero-order valence-corrected chi connectivity index (χ0v) is 17.5. The van der Waals surface area contributed by atoms with Gasteiger partial charge in [-0.3, -0.25) is 14.5 Å². The Bertz CT molecular complexity index is 675. The molecule has 2 fully saturated rings. The highest BCUT2D eigenvalue weighted by molar-refractivity contribution is 5.78. The summed E-state index contributed by atoms with van der Waals surface area (Å²) in [6, 6.07) is 10.0. The molecule has 0 bridgehead atoms. The van der Waals surface area contributed by atoms with Crippen molar-refractivity contribution >= 4 is 11.8 Å². The first kappa shape index (κ1) is 21.8. The number of hydrogen-bond acceptors (Lipinski definition) is 4. The number of aliphatic hydroxyl groups excluding tert-OH is 1. The van der Waals surface area contributed by atoms with Crippen LogP contribution in [-0.2, 0) is 15.0 Å². The first-order valence-electron chi connectivity index (χ1n) is 11.0. The number of piperidine rings is 1. The van der Waals surface area contributed by atoms with Gasteiger partial charge in [0.1, 0.15) is 0 Å². The molecule has 3 atom stereocenters. The monoisotopic (exact) mass is 401 g/mol. The number of carbonyl (C=O) groups excluding carboxylic acids is 2. The van der Waals surface area contributed by atoms with Gasteiger partial charge in [0.25, 0.3) is 0 Å². The van der Waals surface area contributed by atoms with Gasteiger partial charge in [0, 0.05) is 18.9 Å². The Balaban J connectivity index is 1.69. The van der Waals surface area contributed by atoms with Crippen LogP contribution in [0.3, 0.4) is 0 Å². The topological polar surface area (TPSA) is 81.7 Å². The van der Waals surface area contributed by atoms with Crippen molar-refractivity contribution in [3.63, 3.8) is 0 Å². The van der Waals surface area contributed by atoms with Crippen LogP contribution in [0.1, 0.15) is 57.4 Å². The van der Waals surface area contributed by atoms with E-state index in [4.69, 9.17) is 0 Å². The molecule has 0 aromatic heterocycles. The Morgan fingerprint density at radius 2 is 1.79 bits per heavy atom. The minimum Gasteiger partial charge on any atom is -0.391 e. The average molecular weight is 402 g/mol. The van der Waals surface area contributed by atoms with Gasteiger partial charge in [-0.25, -0.2) is 0 Å². The molecular weight excluding hydrogens is 366 g/mol. The average Bonchev–Trinajstić information content (AvgIpc) is 2.88. The summed E-state index contributed by atoms with van der Waals surface area (Å²) in [4.78, 5) is 26.4. The van der Waals surface area contributed by atoms with Gasteiger partial charge in [-0.1, -0.05) is 36.8 Å². The normalized spacial score (nSPS) is 28.3. The fourth-order valence-corrected chi connectivity index (χ4v) is 4.81. The molecule has 1 aromatic rings. The van der Waals surface area contributed by atoms with Crippen molar-refractivity contribution in [3.8, 4) is 0 Å². The van der Waals surface area contributed by atoms with Gasteiger partial charge in [0.15, 0.2) is 0 Å². The van der Waals surface area contributed by atoms with Gasteiger partial charge in [0.05, 0.1) is 18.7 Å². The molecule has 6 heteroatoms. The Morgan fingerprint density at radius 1 is 1.10 bits per heavy atom. The molecule has 1 saturated carbocycles. The predicted molar refractivity (Wildman–Crippen MR) is 114 cm³/mol. The molecule has 1 aliphatic heterocycles. The van der Waals surface area contributed by atoms with Crippen LogP contribution in [0.25, 0.3) is 0 Å². The Kier molecular flexibility index (Phi) is 7.67. The summed E-state index contributed by atoms with van der Waals surface area (Å²) in [5.74, 6) is -0.0403. The van der Waals surface area contributed by atoms with Crippen molar-refractivity contribution in [3.05, 3.63) is 35.9 Å². The molecule has 160 valence electrons. The third kappa shape index (κ3) is 6.03. The lowest BCUT2D eigenvalue weighted by molar-refractivity contribution is -0.123. The number of hydrogen-bond donors (Lipinski definition) is 3. The fraction of sp³-hybridized carbons (Fsp3) is 0.652. The quantitative estimate of drug-likeness (QED) is 0.637. The second-order valence-electron chi connectivity index (χ2n) is 8.71. The number of nitrogens with zero attached hydrogens (tertiary/aromatic N) is 1. The van der Waals surface area contributed by atoms with E-state index < -0.39 is 6.10 Å². The minimum atomic E-state index is -0.562. The van der Waals surface area contributed by atoms with Gasteiger partial charge >= 0.3 is 0 Å². The molecule has 3 N–H and O–H groups in total. The van der Waals surface area contributed by atoms with Crippen molar-refractivity contribution in [2.24, 2.45) is 0 Å². The number of amides is 2. The molecular formula is C23H35N3O3. The third-order valence-corrected chi connectivity index (χ3v) is 6.53. The summed E-state index contributed by atoms with van der Waals surface area (Å²) < 4.78 is 0. The minimum absolute atomic E-state index is 0.0745. The second kappa shape index (κ2) is 10.2. The van der Waals surface area contributed by atoms with Crippen molar-refractivity contribution in [1.82, 2.24) is 15.5 Å². The second-order valence-corrected chi connectivity index (χ2v) is 8.71. The van der Waals surface area contributed by atoms with E-state index in [0.29, 0.717) is 25.9 Å². The Hall–Kier alpha value is -1.92. The maximum atomic E-state index is 12.6.